The highest BCUT2D eigenvalue weighted by molar-refractivity contribution is 6.07. The summed E-state index contributed by atoms with van der Waals surface area (Å²) < 4.78 is 0. The fourth-order valence-electron chi connectivity index (χ4n) is 3.51. The molecule has 0 bridgehead atoms. The van der Waals surface area contributed by atoms with Crippen LogP contribution < -0.4 is 0 Å². The van der Waals surface area contributed by atoms with Crippen molar-refractivity contribution in [3.05, 3.63) is 71.8 Å². The molecule has 6 atom stereocenters. The van der Waals surface area contributed by atoms with Crippen LogP contribution >= 0.6 is 0 Å². The van der Waals surface area contributed by atoms with Crippen LogP contribution in [-0.4, -0.2) is 77.8 Å². The van der Waals surface area contributed by atoms with Crippen molar-refractivity contribution in [2.75, 3.05) is 0 Å². The molecule has 0 spiro atoms. The van der Waals surface area contributed by atoms with E-state index in [1.54, 1.807) is 12.1 Å². The molecule has 0 radical (unpaired) electrons. The Morgan fingerprint density at radius 3 is 1.29 bits per heavy atom. The van der Waals surface area contributed by atoms with Crippen molar-refractivity contribution in [3.8, 4) is 0 Å². The number of Topliss-reactive ketones (excluding diaryl/α,β-unsaturated/α-hetero) is 2. The highest BCUT2D eigenvalue weighted by atomic mass is 16.4. The van der Waals surface area contributed by atoms with Gasteiger partial charge in [0.1, 0.15) is 24.4 Å². The molecule has 2 aromatic carbocycles. The molecule has 148 valence electrons. The van der Waals surface area contributed by atoms with E-state index in [4.69, 9.17) is 0 Å². The van der Waals surface area contributed by atoms with E-state index in [0.29, 0.717) is 0 Å². The van der Waals surface area contributed by atoms with Gasteiger partial charge >= 0.3 is 0 Å². The van der Waals surface area contributed by atoms with E-state index < -0.39 is 47.2 Å². The summed E-state index contributed by atoms with van der Waals surface area (Å²) in [6.07, 6.45) is -9.66. The molecule has 0 aliphatic heterocycles. The monoisotopic (exact) mass is 388 g/mol. The van der Waals surface area contributed by atoms with E-state index in [1.807, 2.05) is 0 Å². The normalized spacial score (nSPS) is 35.4. The van der Waals surface area contributed by atoms with Crippen molar-refractivity contribution < 1.29 is 40.2 Å². The van der Waals surface area contributed by atoms with Crippen molar-refractivity contribution in [1.82, 2.24) is 0 Å². The van der Waals surface area contributed by atoms with Gasteiger partial charge in [0, 0.05) is 11.1 Å². The van der Waals surface area contributed by atoms with E-state index >= 15 is 0 Å². The molecule has 3 rings (SSSR count). The zero-order valence-electron chi connectivity index (χ0n) is 14.6. The first-order chi connectivity index (χ1) is 13.2. The lowest BCUT2D eigenvalue weighted by Gasteiger charge is -2.51. The number of carbonyl (C=O) groups excluding carboxylic acids is 2. The maximum Gasteiger partial charge on any atom is 0.199 e. The second-order valence-corrected chi connectivity index (χ2v) is 6.82. The Kier molecular flexibility index (Phi) is 5.20. The summed E-state index contributed by atoms with van der Waals surface area (Å²) in [4.78, 5) is 25.7. The van der Waals surface area contributed by atoms with Crippen molar-refractivity contribution in [1.29, 1.82) is 0 Å². The minimum Gasteiger partial charge on any atom is -0.387 e. The fraction of sp³-hybridized carbons (Fsp3) is 0.300. The van der Waals surface area contributed by atoms with Crippen LogP contribution in [0.2, 0.25) is 0 Å². The number of rotatable bonds is 4. The standard InChI is InChI=1S/C20H20O8/c21-13-16(24)19(27,14(22)11-7-3-1-4-8-11)18(26)20(28,17(13)25)15(23)12-9-5-2-6-10-12/h1-10,13,16-18,21,24-28H/t13?,16-,17+,18?,19-,20-/m1/s1. The van der Waals surface area contributed by atoms with Gasteiger partial charge in [-0.05, 0) is 0 Å². The van der Waals surface area contributed by atoms with Crippen LogP contribution in [0.3, 0.4) is 0 Å². The third-order valence-corrected chi connectivity index (χ3v) is 5.18. The molecule has 8 nitrogen and oxygen atoms in total. The minimum atomic E-state index is -3.15. The quantitative estimate of drug-likeness (QED) is 0.352. The Labute approximate surface area is 159 Å². The van der Waals surface area contributed by atoms with E-state index in [2.05, 4.69) is 0 Å². The Morgan fingerprint density at radius 2 is 0.964 bits per heavy atom. The molecule has 0 heterocycles. The first kappa shape index (κ1) is 20.3. The van der Waals surface area contributed by atoms with Gasteiger partial charge in [0.2, 0.25) is 0 Å². The van der Waals surface area contributed by atoms with Gasteiger partial charge in [0.15, 0.2) is 22.8 Å². The molecule has 6 N–H and O–H groups in total. The first-order valence-corrected chi connectivity index (χ1v) is 8.53. The van der Waals surface area contributed by atoms with Gasteiger partial charge < -0.3 is 30.6 Å². The Morgan fingerprint density at radius 1 is 0.643 bits per heavy atom. The summed E-state index contributed by atoms with van der Waals surface area (Å²) in [6, 6.07) is 14.2. The fourth-order valence-corrected chi connectivity index (χ4v) is 3.51. The number of carbonyl (C=O) groups is 2. The summed E-state index contributed by atoms with van der Waals surface area (Å²) in [5, 5.41) is 63.3. The van der Waals surface area contributed by atoms with Gasteiger partial charge in [-0.3, -0.25) is 9.59 Å². The summed E-state index contributed by atoms with van der Waals surface area (Å²) in [7, 11) is 0. The highest BCUT2D eigenvalue weighted by Gasteiger charge is 2.70. The van der Waals surface area contributed by atoms with Gasteiger partial charge in [0.25, 0.3) is 0 Å². The number of hydrogen-bond donors (Lipinski definition) is 6. The van der Waals surface area contributed by atoms with Gasteiger partial charge in [0.05, 0.1) is 0 Å². The molecule has 0 aromatic heterocycles. The Balaban J connectivity index is 2.12. The molecule has 0 amide bonds. The van der Waals surface area contributed by atoms with Crippen molar-refractivity contribution in [2.45, 2.75) is 35.6 Å². The third kappa shape index (κ3) is 2.78. The van der Waals surface area contributed by atoms with Gasteiger partial charge in [-0.1, -0.05) is 60.7 Å². The second kappa shape index (κ2) is 7.17. The zero-order valence-corrected chi connectivity index (χ0v) is 14.6. The van der Waals surface area contributed by atoms with Crippen LogP contribution in [0.1, 0.15) is 20.7 Å². The minimum absolute atomic E-state index is 0.138. The van der Waals surface area contributed by atoms with Crippen molar-refractivity contribution >= 4 is 11.6 Å². The molecule has 2 unspecified atom stereocenters. The van der Waals surface area contributed by atoms with Gasteiger partial charge in [-0.2, -0.15) is 0 Å². The first-order valence-electron chi connectivity index (χ1n) is 8.53. The van der Waals surface area contributed by atoms with Crippen LogP contribution in [0.15, 0.2) is 60.7 Å². The number of ketones is 2. The predicted molar refractivity (Wildman–Crippen MR) is 95.5 cm³/mol. The maximum absolute atomic E-state index is 12.9. The lowest BCUT2D eigenvalue weighted by Crippen LogP contribution is -2.80. The summed E-state index contributed by atoms with van der Waals surface area (Å²) in [5.74, 6) is -2.45. The summed E-state index contributed by atoms with van der Waals surface area (Å²) in [5.41, 5.74) is -6.58. The SMILES string of the molecule is O=C(c1ccccc1)[C@]1(O)C(O)[C@@](O)(C(=O)c2ccccc2)[C@@H](O)C(O)[C@H]1O. The molecule has 1 saturated carbocycles. The van der Waals surface area contributed by atoms with Crippen LogP contribution in [-0.2, 0) is 0 Å². The lowest BCUT2D eigenvalue weighted by molar-refractivity contribution is -0.271. The number of benzene rings is 2. The lowest BCUT2D eigenvalue weighted by atomic mass is 9.63. The van der Waals surface area contributed by atoms with Crippen molar-refractivity contribution in [2.24, 2.45) is 0 Å². The average Bonchev–Trinajstić information content (AvgIpc) is 2.75. The molecule has 1 aliphatic carbocycles. The topological polar surface area (TPSA) is 156 Å². The van der Waals surface area contributed by atoms with E-state index in [1.165, 1.54) is 48.5 Å². The predicted octanol–water partition coefficient (Wildman–Crippen LogP) is -1.33. The second-order valence-electron chi connectivity index (χ2n) is 6.82. The van der Waals surface area contributed by atoms with Crippen LogP contribution in [0.25, 0.3) is 0 Å². The number of aliphatic hydroxyl groups is 6. The molecular formula is C20H20O8. The van der Waals surface area contributed by atoms with Crippen LogP contribution in [0.5, 0.6) is 0 Å². The van der Waals surface area contributed by atoms with Gasteiger partial charge in [-0.15, -0.1) is 0 Å². The molecule has 8 heteroatoms. The Bertz CT molecular complexity index is 799. The highest BCUT2D eigenvalue weighted by Crippen LogP contribution is 2.40. The molecule has 28 heavy (non-hydrogen) atoms. The molecule has 1 fully saturated rings. The van der Waals surface area contributed by atoms with E-state index in [9.17, 15) is 40.2 Å². The molecular weight excluding hydrogens is 368 g/mol. The Hall–Kier alpha value is -2.46. The third-order valence-electron chi connectivity index (χ3n) is 5.18. The smallest absolute Gasteiger partial charge is 0.199 e. The number of hydrogen-bond acceptors (Lipinski definition) is 8. The zero-order chi connectivity index (χ0) is 20.7. The van der Waals surface area contributed by atoms with E-state index in [-0.39, 0.29) is 11.1 Å². The summed E-state index contributed by atoms with van der Waals surface area (Å²) >= 11 is 0. The average molecular weight is 388 g/mol. The van der Waals surface area contributed by atoms with Crippen molar-refractivity contribution in [3.63, 3.8) is 0 Å². The van der Waals surface area contributed by atoms with Crippen LogP contribution in [0.4, 0.5) is 0 Å². The molecule has 0 saturated heterocycles. The molecule has 1 aliphatic rings. The van der Waals surface area contributed by atoms with Gasteiger partial charge in [-0.25, -0.2) is 0 Å². The summed E-state index contributed by atoms with van der Waals surface area (Å²) in [6.45, 7) is 0. The van der Waals surface area contributed by atoms with Crippen LogP contribution in [0, 0.1) is 0 Å². The number of aliphatic hydroxyl groups excluding tert-OH is 4. The van der Waals surface area contributed by atoms with E-state index in [0.717, 1.165) is 0 Å². The maximum atomic E-state index is 12.9. The molecule has 2 aromatic rings. The largest absolute Gasteiger partial charge is 0.387 e.